The molecule has 2 N–H and O–H groups in total. The maximum absolute atomic E-state index is 12.6. The monoisotopic (exact) mass is 377 g/mol. The van der Waals surface area contributed by atoms with Crippen molar-refractivity contribution in [3.63, 3.8) is 0 Å². The molecule has 1 aromatic rings. The SMILES string of the molecule is CCNC(=NCc1nc(C(F)(F)F)cs1)NC1CN(C(C)C)CC1C. The van der Waals surface area contributed by atoms with E-state index in [4.69, 9.17) is 0 Å². The highest BCUT2D eigenvalue weighted by Crippen LogP contribution is 2.30. The normalized spacial score (nSPS) is 22.6. The zero-order valence-corrected chi connectivity index (χ0v) is 15.8. The van der Waals surface area contributed by atoms with Crippen molar-refractivity contribution >= 4 is 17.3 Å². The van der Waals surface area contributed by atoms with Crippen LogP contribution in [0, 0.1) is 5.92 Å². The van der Waals surface area contributed by atoms with Crippen molar-refractivity contribution in [2.75, 3.05) is 19.6 Å². The molecule has 0 aliphatic carbocycles. The van der Waals surface area contributed by atoms with Crippen LogP contribution in [-0.2, 0) is 12.7 Å². The van der Waals surface area contributed by atoms with Gasteiger partial charge in [-0.3, -0.25) is 4.90 Å². The van der Waals surface area contributed by atoms with Gasteiger partial charge in [0, 0.05) is 37.1 Å². The molecule has 0 radical (unpaired) electrons. The number of hydrogen-bond donors (Lipinski definition) is 2. The Labute approximate surface area is 150 Å². The van der Waals surface area contributed by atoms with E-state index in [0.29, 0.717) is 29.5 Å². The third-order valence-electron chi connectivity index (χ3n) is 4.25. The predicted molar refractivity (Wildman–Crippen MR) is 94.7 cm³/mol. The minimum absolute atomic E-state index is 0.130. The van der Waals surface area contributed by atoms with Gasteiger partial charge in [-0.25, -0.2) is 9.98 Å². The molecular formula is C16H26F3N5S. The zero-order valence-electron chi connectivity index (χ0n) is 15.0. The predicted octanol–water partition coefficient (Wildman–Crippen LogP) is 2.95. The molecule has 5 nitrogen and oxygen atoms in total. The number of guanidine groups is 1. The molecule has 0 bridgehead atoms. The van der Waals surface area contributed by atoms with Gasteiger partial charge >= 0.3 is 6.18 Å². The smallest absolute Gasteiger partial charge is 0.357 e. The molecule has 1 aliphatic rings. The fourth-order valence-corrected chi connectivity index (χ4v) is 3.49. The molecule has 1 saturated heterocycles. The molecule has 1 aliphatic heterocycles. The van der Waals surface area contributed by atoms with E-state index in [2.05, 4.69) is 46.3 Å². The molecule has 9 heteroatoms. The van der Waals surface area contributed by atoms with Gasteiger partial charge < -0.3 is 10.6 Å². The highest BCUT2D eigenvalue weighted by molar-refractivity contribution is 7.09. The van der Waals surface area contributed by atoms with E-state index in [1.54, 1.807) is 0 Å². The van der Waals surface area contributed by atoms with Gasteiger partial charge in [-0.05, 0) is 26.7 Å². The quantitative estimate of drug-likeness (QED) is 0.612. The van der Waals surface area contributed by atoms with Gasteiger partial charge in [0.2, 0.25) is 0 Å². The number of hydrogen-bond acceptors (Lipinski definition) is 4. The second-order valence-corrected chi connectivity index (χ2v) is 7.54. The van der Waals surface area contributed by atoms with Crippen LogP contribution in [0.25, 0.3) is 0 Å². The van der Waals surface area contributed by atoms with Crippen molar-refractivity contribution in [3.8, 4) is 0 Å². The van der Waals surface area contributed by atoms with Crippen molar-refractivity contribution < 1.29 is 13.2 Å². The Bertz CT molecular complexity index is 585. The number of halogens is 3. The number of nitrogens with one attached hydrogen (secondary N) is 2. The summed E-state index contributed by atoms with van der Waals surface area (Å²) in [5.74, 6) is 1.09. The average molecular weight is 377 g/mol. The molecular weight excluding hydrogens is 351 g/mol. The van der Waals surface area contributed by atoms with Gasteiger partial charge in [-0.1, -0.05) is 6.92 Å². The number of aromatic nitrogens is 1. The summed E-state index contributed by atoms with van der Waals surface area (Å²) in [5, 5.41) is 7.95. The third kappa shape index (κ3) is 5.57. The van der Waals surface area contributed by atoms with Gasteiger partial charge in [0.05, 0.1) is 6.54 Å². The van der Waals surface area contributed by atoms with Crippen LogP contribution >= 0.6 is 11.3 Å². The fraction of sp³-hybridized carbons (Fsp3) is 0.750. The largest absolute Gasteiger partial charge is 0.434 e. The van der Waals surface area contributed by atoms with E-state index >= 15 is 0 Å². The Morgan fingerprint density at radius 3 is 2.68 bits per heavy atom. The first-order chi connectivity index (χ1) is 11.7. The molecule has 0 spiro atoms. The molecule has 0 saturated carbocycles. The van der Waals surface area contributed by atoms with Crippen LogP contribution in [-0.4, -0.2) is 47.6 Å². The lowest BCUT2D eigenvalue weighted by Gasteiger charge is -2.21. The van der Waals surface area contributed by atoms with Crippen molar-refractivity contribution in [3.05, 3.63) is 16.1 Å². The van der Waals surface area contributed by atoms with Crippen LogP contribution in [0.2, 0.25) is 0 Å². The Kier molecular flexibility index (Phi) is 6.67. The van der Waals surface area contributed by atoms with Crippen LogP contribution in [0.3, 0.4) is 0 Å². The summed E-state index contributed by atoms with van der Waals surface area (Å²) in [5.41, 5.74) is -0.849. The van der Waals surface area contributed by atoms with Gasteiger partial charge in [-0.15, -0.1) is 11.3 Å². The number of alkyl halides is 3. The molecule has 2 unspecified atom stereocenters. The summed E-state index contributed by atoms with van der Waals surface area (Å²) in [6.45, 7) is 11.3. The molecule has 1 aromatic heterocycles. The average Bonchev–Trinajstić information content (AvgIpc) is 3.12. The number of nitrogens with zero attached hydrogens (tertiary/aromatic N) is 3. The van der Waals surface area contributed by atoms with E-state index in [1.807, 2.05) is 6.92 Å². The Balaban J connectivity index is 2.00. The summed E-state index contributed by atoms with van der Waals surface area (Å²) in [6.07, 6.45) is -4.40. The molecule has 25 heavy (non-hydrogen) atoms. The van der Waals surface area contributed by atoms with Gasteiger partial charge in [-0.2, -0.15) is 13.2 Å². The van der Waals surface area contributed by atoms with Crippen LogP contribution in [0.4, 0.5) is 13.2 Å². The summed E-state index contributed by atoms with van der Waals surface area (Å²) in [6, 6.07) is 0.757. The van der Waals surface area contributed by atoms with Crippen LogP contribution in [0.1, 0.15) is 38.4 Å². The van der Waals surface area contributed by atoms with Crippen molar-refractivity contribution in [2.24, 2.45) is 10.9 Å². The number of aliphatic imine (C=N–C) groups is 1. The first kappa shape index (κ1) is 20.0. The maximum atomic E-state index is 12.6. The molecule has 2 heterocycles. The second-order valence-electron chi connectivity index (χ2n) is 6.60. The van der Waals surface area contributed by atoms with Gasteiger partial charge in [0.15, 0.2) is 11.7 Å². The minimum Gasteiger partial charge on any atom is -0.357 e. The van der Waals surface area contributed by atoms with E-state index < -0.39 is 11.9 Å². The van der Waals surface area contributed by atoms with E-state index in [0.717, 1.165) is 29.8 Å². The molecule has 2 rings (SSSR count). The number of likely N-dealkylation sites (tertiary alicyclic amines) is 1. The molecule has 1 fully saturated rings. The molecule has 0 aromatic carbocycles. The maximum Gasteiger partial charge on any atom is 0.434 e. The fourth-order valence-electron chi connectivity index (χ4n) is 2.77. The van der Waals surface area contributed by atoms with E-state index in [1.165, 1.54) is 0 Å². The highest BCUT2D eigenvalue weighted by Gasteiger charge is 2.34. The third-order valence-corrected chi connectivity index (χ3v) is 5.09. The van der Waals surface area contributed by atoms with Crippen LogP contribution < -0.4 is 10.6 Å². The standard InChI is InChI=1S/C16H26F3N5S/c1-5-20-15(22-12-8-24(10(2)3)7-11(12)4)21-6-14-23-13(9-25-14)16(17,18)19/h9-12H,5-8H2,1-4H3,(H2,20,21,22). The lowest BCUT2D eigenvalue weighted by molar-refractivity contribution is -0.140. The zero-order chi connectivity index (χ0) is 18.6. The van der Waals surface area contributed by atoms with E-state index in [9.17, 15) is 13.2 Å². The van der Waals surface area contributed by atoms with E-state index in [-0.39, 0.29) is 12.6 Å². The van der Waals surface area contributed by atoms with Crippen LogP contribution in [0.5, 0.6) is 0 Å². The summed E-state index contributed by atoms with van der Waals surface area (Å²) >= 11 is 0.982. The van der Waals surface area contributed by atoms with Gasteiger partial charge in [0.1, 0.15) is 5.01 Å². The highest BCUT2D eigenvalue weighted by atomic mass is 32.1. The molecule has 142 valence electrons. The Hall–Kier alpha value is -1.35. The second kappa shape index (κ2) is 8.35. The lowest BCUT2D eigenvalue weighted by atomic mass is 10.1. The van der Waals surface area contributed by atoms with Crippen molar-refractivity contribution in [1.82, 2.24) is 20.5 Å². The topological polar surface area (TPSA) is 52.6 Å². The first-order valence-electron chi connectivity index (χ1n) is 8.51. The lowest BCUT2D eigenvalue weighted by Crippen LogP contribution is -2.46. The first-order valence-corrected chi connectivity index (χ1v) is 9.39. The summed E-state index contributed by atoms with van der Waals surface area (Å²) in [7, 11) is 0. The Morgan fingerprint density at radius 2 is 2.16 bits per heavy atom. The summed E-state index contributed by atoms with van der Waals surface area (Å²) < 4.78 is 37.8. The summed E-state index contributed by atoms with van der Waals surface area (Å²) in [4.78, 5) is 10.4. The van der Waals surface area contributed by atoms with Crippen molar-refractivity contribution in [1.29, 1.82) is 0 Å². The Morgan fingerprint density at radius 1 is 1.44 bits per heavy atom. The molecule has 2 atom stereocenters. The molecule has 0 amide bonds. The van der Waals surface area contributed by atoms with Crippen molar-refractivity contribution in [2.45, 2.75) is 52.5 Å². The van der Waals surface area contributed by atoms with Crippen LogP contribution in [0.15, 0.2) is 10.4 Å². The minimum atomic E-state index is -4.40. The number of rotatable bonds is 5. The number of thiazole rings is 1. The van der Waals surface area contributed by atoms with Gasteiger partial charge in [0.25, 0.3) is 0 Å².